The van der Waals surface area contributed by atoms with E-state index in [1.807, 2.05) is 55.5 Å². The third kappa shape index (κ3) is 4.47. The molecule has 0 aliphatic heterocycles. The molecule has 1 heterocycles. The second-order valence-corrected chi connectivity index (χ2v) is 5.57. The molecule has 3 N–H and O–H groups in total. The van der Waals surface area contributed by atoms with Crippen molar-refractivity contribution in [2.24, 2.45) is 5.10 Å². The third-order valence-corrected chi connectivity index (χ3v) is 3.49. The molecule has 0 spiro atoms. The maximum atomic E-state index is 12.0. The summed E-state index contributed by atoms with van der Waals surface area (Å²) in [6.45, 7) is 1.73. The number of para-hydroxylation sites is 2. The molecule has 3 rings (SSSR count). The number of rotatable bonds is 6. The number of nitrogen functional groups attached to an aromatic ring is 1. The fourth-order valence-corrected chi connectivity index (χ4v) is 2.30. The molecule has 26 heavy (non-hydrogen) atoms. The van der Waals surface area contributed by atoms with E-state index in [2.05, 4.69) is 15.4 Å². The van der Waals surface area contributed by atoms with Crippen LogP contribution in [0.15, 0.2) is 65.9 Å². The van der Waals surface area contributed by atoms with Crippen molar-refractivity contribution in [1.82, 2.24) is 9.66 Å². The summed E-state index contributed by atoms with van der Waals surface area (Å²) in [7, 11) is 0. The quantitative estimate of drug-likeness (QED) is 0.669. The average molecular weight is 349 g/mol. The monoisotopic (exact) mass is 349 g/mol. The van der Waals surface area contributed by atoms with Gasteiger partial charge < -0.3 is 15.8 Å². The smallest absolute Gasteiger partial charge is 0.262 e. The van der Waals surface area contributed by atoms with E-state index in [0.717, 1.165) is 16.9 Å². The number of nitrogens with two attached hydrogens (primary N) is 1. The summed E-state index contributed by atoms with van der Waals surface area (Å²) >= 11 is 0. The number of nitrogens with one attached hydrogen (secondary N) is 1. The first-order valence-corrected chi connectivity index (χ1v) is 8.04. The second kappa shape index (κ2) is 7.98. The summed E-state index contributed by atoms with van der Waals surface area (Å²) in [5, 5.41) is 7.05. The number of carbonyl (C=O) groups is 1. The summed E-state index contributed by atoms with van der Waals surface area (Å²) in [6, 6.07) is 16.5. The van der Waals surface area contributed by atoms with Crippen molar-refractivity contribution in [3.8, 4) is 5.75 Å². The largest absolute Gasteiger partial charge is 0.483 e. The van der Waals surface area contributed by atoms with Crippen LogP contribution in [0.2, 0.25) is 0 Å². The average Bonchev–Trinajstić information content (AvgIpc) is 2.97. The molecule has 7 nitrogen and oxygen atoms in total. The Labute approximate surface area is 151 Å². The fourth-order valence-electron chi connectivity index (χ4n) is 2.30. The van der Waals surface area contributed by atoms with Crippen LogP contribution in [0.1, 0.15) is 11.3 Å². The van der Waals surface area contributed by atoms with Gasteiger partial charge in [-0.05, 0) is 31.2 Å². The predicted octanol–water partition coefficient (Wildman–Crippen LogP) is 2.67. The Kier molecular flexibility index (Phi) is 5.28. The number of hydrogen-bond donors (Lipinski definition) is 2. The Morgan fingerprint density at radius 2 is 1.96 bits per heavy atom. The molecule has 0 bridgehead atoms. The molecule has 0 fully saturated rings. The lowest BCUT2D eigenvalue weighted by atomic mass is 10.2. The molecule has 7 heteroatoms. The summed E-state index contributed by atoms with van der Waals surface area (Å²) in [5.41, 5.74) is 8.00. The molecule has 2 aromatic carbocycles. The third-order valence-electron chi connectivity index (χ3n) is 3.49. The van der Waals surface area contributed by atoms with Crippen LogP contribution in [0.5, 0.6) is 5.75 Å². The van der Waals surface area contributed by atoms with Gasteiger partial charge in [0.25, 0.3) is 5.91 Å². The number of benzene rings is 2. The first kappa shape index (κ1) is 17.2. The van der Waals surface area contributed by atoms with Crippen LogP contribution >= 0.6 is 0 Å². The predicted molar refractivity (Wildman–Crippen MR) is 101 cm³/mol. The van der Waals surface area contributed by atoms with Crippen LogP contribution in [0.3, 0.4) is 0 Å². The number of aromatic nitrogens is 2. The Balaban J connectivity index is 1.65. The molecule has 132 valence electrons. The van der Waals surface area contributed by atoms with Crippen molar-refractivity contribution < 1.29 is 9.53 Å². The Bertz CT molecular complexity index is 919. The van der Waals surface area contributed by atoms with Crippen LogP contribution in [0.25, 0.3) is 0 Å². The molecule has 0 atom stereocenters. The van der Waals surface area contributed by atoms with Crippen molar-refractivity contribution in [2.75, 3.05) is 17.7 Å². The first-order chi connectivity index (χ1) is 12.6. The molecule has 0 saturated heterocycles. The molecule has 0 saturated carbocycles. The highest BCUT2D eigenvalue weighted by molar-refractivity contribution is 5.92. The van der Waals surface area contributed by atoms with Crippen LogP contribution in [0.4, 0.5) is 11.6 Å². The number of nitrogens with zero attached hydrogens (tertiary/aromatic N) is 3. The normalized spacial score (nSPS) is 10.8. The van der Waals surface area contributed by atoms with E-state index in [-0.39, 0.29) is 12.5 Å². The molecule has 3 aromatic rings. The Hall–Kier alpha value is -3.61. The highest BCUT2D eigenvalue weighted by Crippen LogP contribution is 2.16. The second-order valence-electron chi connectivity index (χ2n) is 5.57. The zero-order valence-electron chi connectivity index (χ0n) is 14.3. The zero-order valence-corrected chi connectivity index (χ0v) is 14.3. The van der Waals surface area contributed by atoms with E-state index in [9.17, 15) is 4.79 Å². The highest BCUT2D eigenvalue weighted by Gasteiger charge is 2.06. The van der Waals surface area contributed by atoms with E-state index in [1.54, 1.807) is 18.5 Å². The van der Waals surface area contributed by atoms with Gasteiger partial charge in [0, 0.05) is 11.3 Å². The van der Waals surface area contributed by atoms with Gasteiger partial charge in [0.15, 0.2) is 6.61 Å². The van der Waals surface area contributed by atoms with E-state index >= 15 is 0 Å². The van der Waals surface area contributed by atoms with Crippen LogP contribution in [-0.2, 0) is 4.79 Å². The van der Waals surface area contributed by atoms with Gasteiger partial charge in [-0.25, -0.2) is 9.66 Å². The number of carbonyl (C=O) groups excluding carboxylic acids is 1. The van der Waals surface area contributed by atoms with Crippen LogP contribution < -0.4 is 15.8 Å². The van der Waals surface area contributed by atoms with Gasteiger partial charge in [0.05, 0.1) is 18.1 Å². The van der Waals surface area contributed by atoms with E-state index in [1.165, 1.54) is 4.68 Å². The number of anilines is 2. The lowest BCUT2D eigenvalue weighted by Crippen LogP contribution is -2.20. The number of ether oxygens (including phenoxy) is 1. The topological polar surface area (TPSA) is 94.5 Å². The lowest BCUT2D eigenvalue weighted by Gasteiger charge is -2.09. The van der Waals surface area contributed by atoms with Gasteiger partial charge in [-0.1, -0.05) is 30.3 Å². The summed E-state index contributed by atoms with van der Waals surface area (Å²) in [5.74, 6) is 0.617. The van der Waals surface area contributed by atoms with Gasteiger partial charge in [-0.3, -0.25) is 4.79 Å². The molecule has 0 aliphatic rings. The minimum absolute atomic E-state index is 0.105. The minimum atomic E-state index is -0.238. The van der Waals surface area contributed by atoms with Crippen molar-refractivity contribution >= 4 is 23.8 Å². The van der Waals surface area contributed by atoms with Gasteiger partial charge in [0.1, 0.15) is 5.75 Å². The van der Waals surface area contributed by atoms with Crippen molar-refractivity contribution in [2.45, 2.75) is 6.92 Å². The van der Waals surface area contributed by atoms with Crippen LogP contribution in [-0.4, -0.2) is 28.4 Å². The maximum absolute atomic E-state index is 12.0. The molecular formula is C19H19N5O2. The molecule has 0 radical (unpaired) electrons. The SMILES string of the molecule is Cc1cn(N=Cc2ccccc2OCC(=O)Nc2ccccc2)c(N)n1. The number of hydrogen-bond acceptors (Lipinski definition) is 5. The minimum Gasteiger partial charge on any atom is -0.483 e. The van der Waals surface area contributed by atoms with Crippen molar-refractivity contribution in [3.05, 3.63) is 72.1 Å². The van der Waals surface area contributed by atoms with Crippen LogP contribution in [0, 0.1) is 6.92 Å². The number of aryl methyl sites for hydroxylation is 1. The van der Waals surface area contributed by atoms with E-state index < -0.39 is 0 Å². The summed E-state index contributed by atoms with van der Waals surface area (Å²) < 4.78 is 7.12. The van der Waals surface area contributed by atoms with E-state index in [4.69, 9.17) is 10.5 Å². The van der Waals surface area contributed by atoms with Gasteiger partial charge in [-0.2, -0.15) is 5.10 Å². The molecule has 1 amide bonds. The van der Waals surface area contributed by atoms with Gasteiger partial charge in [0.2, 0.25) is 5.95 Å². The Morgan fingerprint density at radius 1 is 1.23 bits per heavy atom. The maximum Gasteiger partial charge on any atom is 0.262 e. The van der Waals surface area contributed by atoms with Crippen molar-refractivity contribution in [1.29, 1.82) is 0 Å². The molecule has 0 unspecified atom stereocenters. The van der Waals surface area contributed by atoms with E-state index in [0.29, 0.717) is 11.7 Å². The zero-order chi connectivity index (χ0) is 18.4. The fraction of sp³-hybridized carbons (Fsp3) is 0.105. The number of imidazole rings is 1. The standard InChI is InChI=1S/C19H19N5O2/c1-14-12-24(19(20)22-14)21-11-15-7-5-6-10-17(15)26-13-18(25)23-16-8-3-2-4-9-16/h2-12H,13H2,1H3,(H2,20,22)(H,23,25). The van der Waals surface area contributed by atoms with Crippen molar-refractivity contribution in [3.63, 3.8) is 0 Å². The molecular weight excluding hydrogens is 330 g/mol. The molecule has 0 aliphatic carbocycles. The Morgan fingerprint density at radius 3 is 2.69 bits per heavy atom. The first-order valence-electron chi connectivity index (χ1n) is 8.04. The van der Waals surface area contributed by atoms with Gasteiger partial charge in [-0.15, -0.1) is 0 Å². The number of amides is 1. The summed E-state index contributed by atoms with van der Waals surface area (Å²) in [4.78, 5) is 16.1. The highest BCUT2D eigenvalue weighted by atomic mass is 16.5. The van der Waals surface area contributed by atoms with Gasteiger partial charge >= 0.3 is 0 Å². The molecule has 1 aromatic heterocycles. The lowest BCUT2D eigenvalue weighted by molar-refractivity contribution is -0.118. The summed E-state index contributed by atoms with van der Waals surface area (Å²) in [6.07, 6.45) is 3.34.